The van der Waals surface area contributed by atoms with Gasteiger partial charge in [-0.2, -0.15) is 0 Å². The molecule has 0 bridgehead atoms. The van der Waals surface area contributed by atoms with Gasteiger partial charge in [-0.3, -0.25) is 14.5 Å². The van der Waals surface area contributed by atoms with E-state index < -0.39 is 0 Å². The van der Waals surface area contributed by atoms with Gasteiger partial charge in [0.05, 0.1) is 27.4 Å². The lowest BCUT2D eigenvalue weighted by atomic mass is 10.1. The van der Waals surface area contributed by atoms with Crippen molar-refractivity contribution in [2.45, 2.75) is 12.8 Å². The summed E-state index contributed by atoms with van der Waals surface area (Å²) >= 11 is 11.8. The highest BCUT2D eigenvalue weighted by Crippen LogP contribution is 2.23. The molecule has 0 saturated carbocycles. The predicted octanol–water partition coefficient (Wildman–Crippen LogP) is 4.42. The Morgan fingerprint density at radius 2 is 1.65 bits per heavy atom. The summed E-state index contributed by atoms with van der Waals surface area (Å²) in [6.07, 6.45) is 2.87. The van der Waals surface area contributed by atoms with E-state index in [4.69, 9.17) is 28.0 Å². The monoisotopic (exact) mass is 390 g/mol. The Morgan fingerprint density at radius 1 is 0.962 bits per heavy atom. The van der Waals surface area contributed by atoms with Crippen LogP contribution >= 0.6 is 23.2 Å². The van der Waals surface area contributed by atoms with Gasteiger partial charge in [0, 0.05) is 6.54 Å². The molecule has 2 amide bonds. The molecule has 0 radical (unpaired) electrons. The van der Waals surface area contributed by atoms with Gasteiger partial charge in [-0.1, -0.05) is 46.6 Å². The molecular formula is C19H16Cl2N2O3. The number of benzene rings is 2. The summed E-state index contributed by atoms with van der Waals surface area (Å²) in [6.45, 7) is 0.757. The number of nitrogens with zero attached hydrogens (tertiary/aromatic N) is 2. The summed E-state index contributed by atoms with van der Waals surface area (Å²) in [4.78, 5) is 30.9. The molecule has 5 nitrogen and oxygen atoms in total. The highest BCUT2D eigenvalue weighted by Gasteiger charge is 2.34. The zero-order valence-electron chi connectivity index (χ0n) is 13.8. The second kappa shape index (κ2) is 8.34. The number of unbranched alkanes of at least 4 members (excludes halogenated alkanes) is 1. The van der Waals surface area contributed by atoms with Crippen molar-refractivity contribution in [3.05, 3.63) is 69.2 Å². The van der Waals surface area contributed by atoms with Crippen LogP contribution in [0.15, 0.2) is 47.6 Å². The molecule has 1 aliphatic heterocycles. The summed E-state index contributed by atoms with van der Waals surface area (Å²) in [7, 11) is 0. The van der Waals surface area contributed by atoms with Crippen molar-refractivity contribution in [1.82, 2.24) is 4.90 Å². The van der Waals surface area contributed by atoms with E-state index in [1.165, 1.54) is 4.90 Å². The van der Waals surface area contributed by atoms with Crippen LogP contribution in [0.1, 0.15) is 39.1 Å². The molecule has 1 aliphatic rings. The van der Waals surface area contributed by atoms with Crippen LogP contribution < -0.4 is 0 Å². The standard InChI is InChI=1S/C19H16Cl2N2O3/c20-16-8-7-13(11-17(16)21)12-22-26-10-4-3-9-23-18(24)14-5-1-2-6-15(14)19(23)25/h1-2,5-8,11-12H,3-4,9-10H2/b22-12+. The van der Waals surface area contributed by atoms with Crippen LogP contribution in [0.2, 0.25) is 10.0 Å². The fourth-order valence-corrected chi connectivity index (χ4v) is 2.93. The molecule has 0 aliphatic carbocycles. The van der Waals surface area contributed by atoms with Crippen molar-refractivity contribution in [2.75, 3.05) is 13.2 Å². The van der Waals surface area contributed by atoms with E-state index in [-0.39, 0.29) is 11.8 Å². The molecule has 0 atom stereocenters. The van der Waals surface area contributed by atoms with Crippen LogP contribution in [0.3, 0.4) is 0 Å². The average Bonchev–Trinajstić information content (AvgIpc) is 2.89. The Labute approximate surface area is 161 Å². The van der Waals surface area contributed by atoms with Gasteiger partial charge < -0.3 is 4.84 Å². The molecule has 1 heterocycles. The molecule has 0 aromatic heterocycles. The zero-order valence-corrected chi connectivity index (χ0v) is 15.3. The van der Waals surface area contributed by atoms with Gasteiger partial charge in [0.2, 0.25) is 0 Å². The summed E-state index contributed by atoms with van der Waals surface area (Å²) in [6, 6.07) is 12.0. The van der Waals surface area contributed by atoms with Gasteiger partial charge in [-0.25, -0.2) is 0 Å². The first kappa shape index (κ1) is 18.4. The molecule has 134 valence electrons. The van der Waals surface area contributed by atoms with Gasteiger partial charge in [0.25, 0.3) is 11.8 Å². The van der Waals surface area contributed by atoms with E-state index >= 15 is 0 Å². The molecule has 0 spiro atoms. The van der Waals surface area contributed by atoms with Crippen molar-refractivity contribution in [1.29, 1.82) is 0 Å². The Hall–Kier alpha value is -2.37. The lowest BCUT2D eigenvalue weighted by Gasteiger charge is -2.13. The highest BCUT2D eigenvalue weighted by atomic mass is 35.5. The Morgan fingerprint density at radius 3 is 2.31 bits per heavy atom. The Kier molecular flexibility index (Phi) is 5.91. The van der Waals surface area contributed by atoms with Gasteiger partial charge in [0.15, 0.2) is 0 Å². The summed E-state index contributed by atoms with van der Waals surface area (Å²) in [5, 5.41) is 4.81. The number of oxime groups is 1. The third-order valence-electron chi connectivity index (χ3n) is 3.97. The normalized spacial score (nSPS) is 13.5. The molecular weight excluding hydrogens is 375 g/mol. The van der Waals surface area contributed by atoms with Crippen LogP contribution in [0.25, 0.3) is 0 Å². The number of carbonyl (C=O) groups is 2. The minimum Gasteiger partial charge on any atom is -0.396 e. The van der Waals surface area contributed by atoms with Crippen LogP contribution in [0.4, 0.5) is 0 Å². The van der Waals surface area contributed by atoms with E-state index in [9.17, 15) is 9.59 Å². The quantitative estimate of drug-likeness (QED) is 0.304. The molecule has 0 unspecified atom stereocenters. The lowest BCUT2D eigenvalue weighted by molar-refractivity contribution is 0.0644. The number of halogens is 2. The van der Waals surface area contributed by atoms with Crippen LogP contribution in [0, 0.1) is 0 Å². The average molecular weight is 391 g/mol. The maximum Gasteiger partial charge on any atom is 0.261 e. The molecule has 7 heteroatoms. The third-order valence-corrected chi connectivity index (χ3v) is 4.70. The highest BCUT2D eigenvalue weighted by molar-refractivity contribution is 6.42. The third kappa shape index (κ3) is 4.06. The van der Waals surface area contributed by atoms with E-state index in [0.29, 0.717) is 47.2 Å². The first-order valence-corrected chi connectivity index (χ1v) is 8.89. The van der Waals surface area contributed by atoms with Gasteiger partial charge in [-0.15, -0.1) is 0 Å². The summed E-state index contributed by atoms with van der Waals surface area (Å²) in [5.74, 6) is -0.465. The largest absolute Gasteiger partial charge is 0.396 e. The molecule has 2 aromatic rings. The van der Waals surface area contributed by atoms with Gasteiger partial charge >= 0.3 is 0 Å². The Balaban J connectivity index is 1.40. The Bertz CT molecular complexity index is 833. The van der Waals surface area contributed by atoms with Crippen LogP contribution in [0.5, 0.6) is 0 Å². The molecule has 3 rings (SSSR count). The molecule has 0 N–H and O–H groups in total. The first-order chi connectivity index (χ1) is 12.6. The predicted molar refractivity (Wildman–Crippen MR) is 101 cm³/mol. The minimum absolute atomic E-state index is 0.232. The zero-order chi connectivity index (χ0) is 18.5. The SMILES string of the molecule is O=C1c2ccccc2C(=O)N1CCCCO/N=C/c1ccc(Cl)c(Cl)c1. The van der Waals surface area contributed by atoms with E-state index in [2.05, 4.69) is 5.16 Å². The van der Waals surface area contributed by atoms with Gasteiger partial charge in [0.1, 0.15) is 6.61 Å². The molecule has 0 saturated heterocycles. The first-order valence-electron chi connectivity index (χ1n) is 8.13. The van der Waals surface area contributed by atoms with Crippen molar-refractivity contribution in [3.8, 4) is 0 Å². The number of hydrogen-bond acceptors (Lipinski definition) is 4. The second-order valence-electron chi connectivity index (χ2n) is 5.76. The van der Waals surface area contributed by atoms with Crippen LogP contribution in [-0.2, 0) is 4.84 Å². The number of imide groups is 1. The molecule has 0 fully saturated rings. The molecule has 2 aromatic carbocycles. The van der Waals surface area contributed by atoms with Crippen molar-refractivity contribution >= 4 is 41.2 Å². The fourth-order valence-electron chi connectivity index (χ4n) is 2.62. The van der Waals surface area contributed by atoms with E-state index in [1.807, 2.05) is 0 Å². The van der Waals surface area contributed by atoms with Crippen molar-refractivity contribution in [3.63, 3.8) is 0 Å². The topological polar surface area (TPSA) is 59.0 Å². The van der Waals surface area contributed by atoms with Crippen molar-refractivity contribution < 1.29 is 14.4 Å². The maximum atomic E-state index is 12.2. The fraction of sp³-hybridized carbons (Fsp3) is 0.211. The van der Waals surface area contributed by atoms with Crippen LogP contribution in [-0.4, -0.2) is 36.1 Å². The number of amides is 2. The van der Waals surface area contributed by atoms with Gasteiger partial charge in [-0.05, 0) is 42.7 Å². The number of carbonyl (C=O) groups excluding carboxylic acids is 2. The van der Waals surface area contributed by atoms with Crippen molar-refractivity contribution in [2.24, 2.45) is 5.16 Å². The van der Waals surface area contributed by atoms with E-state index in [0.717, 1.165) is 5.56 Å². The van der Waals surface area contributed by atoms with E-state index in [1.54, 1.807) is 48.7 Å². The minimum atomic E-state index is -0.232. The number of rotatable bonds is 7. The summed E-state index contributed by atoms with van der Waals surface area (Å²) in [5.41, 5.74) is 1.73. The number of fused-ring (bicyclic) bond motifs is 1. The molecule has 26 heavy (non-hydrogen) atoms. The number of hydrogen-bond donors (Lipinski definition) is 0. The summed E-state index contributed by atoms with van der Waals surface area (Å²) < 4.78 is 0. The maximum absolute atomic E-state index is 12.2. The lowest BCUT2D eigenvalue weighted by Crippen LogP contribution is -2.30. The smallest absolute Gasteiger partial charge is 0.261 e. The second-order valence-corrected chi connectivity index (χ2v) is 6.57.